The molecule has 4 heteroatoms. The van der Waals surface area contributed by atoms with Gasteiger partial charge in [0, 0.05) is 12.1 Å². The first kappa shape index (κ1) is 16.2. The molecule has 0 aromatic rings. The molecule has 0 aromatic heterocycles. The maximum Gasteiger partial charge on any atom is 0.0221 e. The first-order valence-electron chi connectivity index (χ1n) is 2.05. The summed E-state index contributed by atoms with van der Waals surface area (Å²) < 4.78 is 0. The molecule has 0 aliphatic rings. The van der Waals surface area contributed by atoms with Gasteiger partial charge in [0.2, 0.25) is 0 Å². The molecule has 0 aliphatic heterocycles. The minimum Gasteiger partial charge on any atom is -0.329 e. The van der Waals surface area contributed by atoms with Crippen LogP contribution in [-0.4, -0.2) is 12.1 Å². The fraction of sp³-hybridized carbons (Fsp3) is 1.00. The molecule has 0 spiro atoms. The number of nitrogens with two attached hydrogens (primary N) is 2. The van der Waals surface area contributed by atoms with Gasteiger partial charge in [-0.3, -0.25) is 0 Å². The van der Waals surface area contributed by atoms with E-state index in [0.29, 0.717) is 6.54 Å². The van der Waals surface area contributed by atoms with Crippen molar-refractivity contribution in [2.24, 2.45) is 11.5 Å². The summed E-state index contributed by atoms with van der Waals surface area (Å²) in [6.07, 6.45) is 0. The summed E-state index contributed by atoms with van der Waals surface area (Å²) in [5, 5.41) is 0. The van der Waals surface area contributed by atoms with Gasteiger partial charge in [0.15, 0.2) is 0 Å². The van der Waals surface area contributed by atoms with Gasteiger partial charge in [0.1, 0.15) is 0 Å². The third-order valence-electron chi connectivity index (χ3n) is 0.526. The molecule has 0 aromatic carbocycles. The Morgan fingerprint density at radius 3 is 1.38 bits per heavy atom. The lowest BCUT2D eigenvalue weighted by atomic mass is 10.1. The Morgan fingerprint density at radius 1 is 1.25 bits per heavy atom. The van der Waals surface area contributed by atoms with Crippen molar-refractivity contribution < 1.29 is 0 Å². The lowest BCUT2D eigenvalue weighted by molar-refractivity contribution is 0.532. The SMILES string of the molecule is CC(C)(N)CN.I.I. The predicted molar refractivity (Wildman–Crippen MR) is 58.2 cm³/mol. The first-order chi connectivity index (χ1) is 2.56. The zero-order chi connectivity index (χ0) is 5.21. The fourth-order valence-corrected chi connectivity index (χ4v) is 0. The van der Waals surface area contributed by atoms with Gasteiger partial charge in [-0.25, -0.2) is 0 Å². The molecule has 0 bridgehead atoms. The van der Waals surface area contributed by atoms with Gasteiger partial charge >= 0.3 is 0 Å². The third-order valence-corrected chi connectivity index (χ3v) is 0.526. The maximum absolute atomic E-state index is 5.41. The van der Waals surface area contributed by atoms with E-state index in [2.05, 4.69) is 0 Å². The van der Waals surface area contributed by atoms with Crippen molar-refractivity contribution in [1.82, 2.24) is 0 Å². The molecule has 0 amide bonds. The number of hydrogen-bond acceptors (Lipinski definition) is 2. The molecule has 0 saturated heterocycles. The van der Waals surface area contributed by atoms with Crippen LogP contribution in [0.3, 0.4) is 0 Å². The van der Waals surface area contributed by atoms with Crippen LogP contribution in [0.2, 0.25) is 0 Å². The van der Waals surface area contributed by atoms with Gasteiger partial charge in [0.05, 0.1) is 0 Å². The highest BCUT2D eigenvalue weighted by molar-refractivity contribution is 14.0. The normalized spacial score (nSPS) is 9.00. The second-order valence-electron chi connectivity index (χ2n) is 2.19. The summed E-state index contributed by atoms with van der Waals surface area (Å²) in [6.45, 7) is 4.34. The molecule has 0 fully saturated rings. The lowest BCUT2D eigenvalue weighted by Gasteiger charge is -2.13. The van der Waals surface area contributed by atoms with Crippen LogP contribution in [0.25, 0.3) is 0 Å². The second kappa shape index (κ2) is 6.50. The molecule has 0 aliphatic carbocycles. The predicted octanol–water partition coefficient (Wildman–Crippen LogP) is 0.918. The Morgan fingerprint density at radius 2 is 1.38 bits per heavy atom. The van der Waals surface area contributed by atoms with Crippen LogP contribution >= 0.6 is 48.0 Å². The average molecular weight is 344 g/mol. The minimum absolute atomic E-state index is 0. The highest BCUT2D eigenvalue weighted by Gasteiger charge is 2.04. The molecule has 2 nitrogen and oxygen atoms in total. The van der Waals surface area contributed by atoms with Gasteiger partial charge in [-0.15, -0.1) is 48.0 Å². The minimum atomic E-state index is -0.181. The van der Waals surface area contributed by atoms with E-state index >= 15 is 0 Å². The molecule has 0 rings (SSSR count). The van der Waals surface area contributed by atoms with Gasteiger partial charge < -0.3 is 11.5 Å². The first-order valence-corrected chi connectivity index (χ1v) is 2.05. The fourth-order valence-electron chi connectivity index (χ4n) is 0. The Labute approximate surface area is 84.8 Å². The monoisotopic (exact) mass is 344 g/mol. The largest absolute Gasteiger partial charge is 0.329 e. The van der Waals surface area contributed by atoms with E-state index in [-0.39, 0.29) is 53.5 Å². The Bertz CT molecular complexity index is 41.8. The van der Waals surface area contributed by atoms with Crippen molar-refractivity contribution in [3.63, 3.8) is 0 Å². The standard InChI is InChI=1S/C4H12N2.2HI/c1-4(2,6)3-5;;/h3,5-6H2,1-2H3;2*1H. The zero-order valence-corrected chi connectivity index (χ0v) is 9.84. The molecule has 0 radical (unpaired) electrons. The van der Waals surface area contributed by atoms with Gasteiger partial charge in [-0.2, -0.15) is 0 Å². The summed E-state index contributed by atoms with van der Waals surface area (Å²) >= 11 is 0. The van der Waals surface area contributed by atoms with Crippen molar-refractivity contribution in [3.8, 4) is 0 Å². The van der Waals surface area contributed by atoms with E-state index in [4.69, 9.17) is 11.5 Å². The van der Waals surface area contributed by atoms with E-state index in [1.807, 2.05) is 13.8 Å². The molecule has 0 heterocycles. The molecule has 8 heavy (non-hydrogen) atoms. The highest BCUT2D eigenvalue weighted by atomic mass is 127. The highest BCUT2D eigenvalue weighted by Crippen LogP contribution is 1.88. The number of halogens is 2. The summed E-state index contributed by atoms with van der Waals surface area (Å²) in [7, 11) is 0. The van der Waals surface area contributed by atoms with Crippen molar-refractivity contribution in [1.29, 1.82) is 0 Å². The maximum atomic E-state index is 5.41. The van der Waals surface area contributed by atoms with Crippen molar-refractivity contribution in [2.45, 2.75) is 19.4 Å². The van der Waals surface area contributed by atoms with Crippen molar-refractivity contribution in [3.05, 3.63) is 0 Å². The third kappa shape index (κ3) is 15.7. The molecular formula is C4H14I2N2. The average Bonchev–Trinajstić information content (AvgIpc) is 1.35. The number of rotatable bonds is 1. The molecule has 54 valence electrons. The number of hydrogen-bond donors (Lipinski definition) is 2. The van der Waals surface area contributed by atoms with Crippen LogP contribution < -0.4 is 11.5 Å². The Hall–Kier alpha value is 1.38. The quantitative estimate of drug-likeness (QED) is 0.696. The topological polar surface area (TPSA) is 52.0 Å². The molecular weight excluding hydrogens is 330 g/mol. The molecule has 4 N–H and O–H groups in total. The summed E-state index contributed by atoms with van der Waals surface area (Å²) in [5.74, 6) is 0. The van der Waals surface area contributed by atoms with Gasteiger partial charge in [-0.05, 0) is 13.8 Å². The smallest absolute Gasteiger partial charge is 0.0221 e. The second-order valence-corrected chi connectivity index (χ2v) is 2.19. The summed E-state index contributed by atoms with van der Waals surface area (Å²) in [6, 6.07) is 0. The van der Waals surface area contributed by atoms with Crippen LogP contribution in [-0.2, 0) is 0 Å². The summed E-state index contributed by atoms with van der Waals surface area (Å²) in [5.41, 5.74) is 10.4. The van der Waals surface area contributed by atoms with Crippen LogP contribution in [0.5, 0.6) is 0 Å². The Balaban J connectivity index is -0.000000125. The van der Waals surface area contributed by atoms with Crippen LogP contribution in [0, 0.1) is 0 Å². The van der Waals surface area contributed by atoms with Gasteiger partial charge in [0.25, 0.3) is 0 Å². The van der Waals surface area contributed by atoms with Crippen LogP contribution in [0.4, 0.5) is 0 Å². The van der Waals surface area contributed by atoms with Crippen LogP contribution in [0.15, 0.2) is 0 Å². The van der Waals surface area contributed by atoms with E-state index in [0.717, 1.165) is 0 Å². The Kier molecular flexibility index (Phi) is 13.1. The molecule has 0 saturated carbocycles. The molecule has 0 atom stereocenters. The lowest BCUT2D eigenvalue weighted by Crippen LogP contribution is -2.40. The van der Waals surface area contributed by atoms with Crippen molar-refractivity contribution in [2.75, 3.05) is 6.54 Å². The molecule has 0 unspecified atom stereocenters. The van der Waals surface area contributed by atoms with Gasteiger partial charge in [-0.1, -0.05) is 0 Å². The zero-order valence-electron chi connectivity index (χ0n) is 5.18. The van der Waals surface area contributed by atoms with E-state index in [1.54, 1.807) is 0 Å². The van der Waals surface area contributed by atoms with Crippen molar-refractivity contribution >= 4 is 48.0 Å². The van der Waals surface area contributed by atoms with E-state index in [1.165, 1.54) is 0 Å². The van der Waals surface area contributed by atoms with E-state index < -0.39 is 0 Å². The van der Waals surface area contributed by atoms with E-state index in [9.17, 15) is 0 Å². The van der Waals surface area contributed by atoms with Crippen LogP contribution in [0.1, 0.15) is 13.8 Å². The summed E-state index contributed by atoms with van der Waals surface area (Å²) in [4.78, 5) is 0.